The van der Waals surface area contributed by atoms with E-state index in [9.17, 15) is 0 Å². The highest BCUT2D eigenvalue weighted by molar-refractivity contribution is 7.99. The molecule has 1 aromatic carbocycles. The zero-order valence-electron chi connectivity index (χ0n) is 16.8. The molecule has 4 rings (SSSR count). The molecule has 30 heavy (non-hydrogen) atoms. The number of H-pyrrole nitrogens is 1. The van der Waals surface area contributed by atoms with Gasteiger partial charge in [-0.15, -0.1) is 0 Å². The number of aromatic amines is 1. The van der Waals surface area contributed by atoms with Gasteiger partial charge in [-0.05, 0) is 24.6 Å². The van der Waals surface area contributed by atoms with Gasteiger partial charge in [0.2, 0.25) is 5.95 Å². The summed E-state index contributed by atoms with van der Waals surface area (Å²) in [5, 5.41) is 13.3. The quantitative estimate of drug-likeness (QED) is 0.376. The van der Waals surface area contributed by atoms with E-state index in [4.69, 9.17) is 0 Å². The Bertz CT molecular complexity index is 1190. The zero-order valence-corrected chi connectivity index (χ0v) is 17.7. The first kappa shape index (κ1) is 19.6. The van der Waals surface area contributed by atoms with Crippen LogP contribution in [0.3, 0.4) is 0 Å². The van der Waals surface area contributed by atoms with E-state index >= 15 is 0 Å². The number of rotatable bonds is 7. The lowest BCUT2D eigenvalue weighted by Crippen LogP contribution is -2.11. The van der Waals surface area contributed by atoms with E-state index in [1.165, 1.54) is 0 Å². The molecule has 3 aromatic heterocycles. The first-order valence-corrected chi connectivity index (χ1v) is 10.3. The third kappa shape index (κ3) is 3.90. The second-order valence-corrected chi connectivity index (χ2v) is 7.44. The van der Waals surface area contributed by atoms with Crippen molar-refractivity contribution in [1.29, 1.82) is 0 Å². The van der Waals surface area contributed by atoms with Crippen molar-refractivity contribution in [3.63, 3.8) is 0 Å². The standard InChI is InChI=1S/C20H21N9S/c1-12(2)13-11-23-20(26-16-7-8-24-28-16)27-19(13)25-15-6-5-14-17(22-10-9-21-14)18(15)29(3)30-4/h5-11H,1H2,2-4H3,(H3,23,24,25,26,27,28). The molecule has 0 saturated carbocycles. The molecule has 0 aliphatic rings. The van der Waals surface area contributed by atoms with Gasteiger partial charge >= 0.3 is 0 Å². The number of nitrogens with zero attached hydrogens (tertiary/aromatic N) is 6. The van der Waals surface area contributed by atoms with E-state index in [2.05, 4.69) is 47.3 Å². The molecular formula is C20H21N9S. The summed E-state index contributed by atoms with van der Waals surface area (Å²) in [5.41, 5.74) is 5.08. The van der Waals surface area contributed by atoms with Crippen LogP contribution in [0.5, 0.6) is 0 Å². The van der Waals surface area contributed by atoms with Gasteiger partial charge in [-0.2, -0.15) is 10.1 Å². The fraction of sp³-hybridized carbons (Fsp3) is 0.150. The van der Waals surface area contributed by atoms with Crippen molar-refractivity contribution in [2.75, 3.05) is 28.2 Å². The molecule has 0 bridgehead atoms. The minimum atomic E-state index is 0.437. The molecule has 0 fully saturated rings. The van der Waals surface area contributed by atoms with Crippen LogP contribution in [-0.4, -0.2) is 43.4 Å². The highest BCUT2D eigenvalue weighted by Gasteiger charge is 2.17. The first-order valence-electron chi connectivity index (χ1n) is 9.14. The highest BCUT2D eigenvalue weighted by atomic mass is 32.2. The summed E-state index contributed by atoms with van der Waals surface area (Å²) in [6.45, 7) is 5.99. The molecule has 10 heteroatoms. The molecule has 3 N–H and O–H groups in total. The third-order valence-corrected chi connectivity index (χ3v) is 5.18. The molecule has 0 spiro atoms. The molecule has 0 radical (unpaired) electrons. The first-order chi connectivity index (χ1) is 14.6. The fourth-order valence-electron chi connectivity index (χ4n) is 2.96. The number of fused-ring (bicyclic) bond motifs is 1. The number of hydrogen-bond acceptors (Lipinski definition) is 9. The smallest absolute Gasteiger partial charge is 0.230 e. The van der Waals surface area contributed by atoms with Gasteiger partial charge in [-0.3, -0.25) is 15.1 Å². The molecule has 0 amide bonds. The summed E-state index contributed by atoms with van der Waals surface area (Å²) < 4.78 is 2.05. The number of benzene rings is 1. The maximum absolute atomic E-state index is 4.67. The Hall–Kier alpha value is -3.66. The lowest BCUT2D eigenvalue weighted by Gasteiger charge is -2.22. The van der Waals surface area contributed by atoms with Gasteiger partial charge in [0.05, 0.1) is 23.1 Å². The summed E-state index contributed by atoms with van der Waals surface area (Å²) in [6, 6.07) is 5.72. The second kappa shape index (κ2) is 8.37. The maximum atomic E-state index is 4.67. The molecule has 4 aromatic rings. The SMILES string of the molecule is C=C(C)c1cnc(Nc2ccn[nH]2)nc1Nc1ccc2nccnc2c1N(C)SC. The van der Waals surface area contributed by atoms with E-state index < -0.39 is 0 Å². The molecule has 3 heterocycles. The van der Waals surface area contributed by atoms with Gasteiger partial charge in [0, 0.05) is 43.5 Å². The zero-order chi connectivity index (χ0) is 21.1. The molecule has 0 aliphatic heterocycles. The van der Waals surface area contributed by atoms with Crippen LogP contribution in [0.2, 0.25) is 0 Å². The minimum absolute atomic E-state index is 0.437. The van der Waals surface area contributed by atoms with Crippen LogP contribution in [0.25, 0.3) is 16.6 Å². The normalized spacial score (nSPS) is 10.8. The number of allylic oxidation sites excluding steroid dienone is 1. The van der Waals surface area contributed by atoms with E-state index in [0.29, 0.717) is 17.6 Å². The van der Waals surface area contributed by atoms with Crippen LogP contribution in [-0.2, 0) is 0 Å². The minimum Gasteiger partial charge on any atom is -0.338 e. The second-order valence-electron chi connectivity index (χ2n) is 6.52. The van der Waals surface area contributed by atoms with Crippen molar-refractivity contribution in [2.45, 2.75) is 6.92 Å². The van der Waals surface area contributed by atoms with Gasteiger partial charge in [0.1, 0.15) is 17.2 Å². The van der Waals surface area contributed by atoms with Crippen molar-refractivity contribution in [3.05, 3.63) is 55.1 Å². The molecular weight excluding hydrogens is 398 g/mol. The van der Waals surface area contributed by atoms with Crippen molar-refractivity contribution >= 4 is 57.5 Å². The summed E-state index contributed by atoms with van der Waals surface area (Å²) in [7, 11) is 1.99. The topological polar surface area (TPSA) is 108 Å². The summed E-state index contributed by atoms with van der Waals surface area (Å²) >= 11 is 1.59. The monoisotopic (exact) mass is 419 g/mol. The lowest BCUT2D eigenvalue weighted by molar-refractivity contribution is 1.08. The van der Waals surface area contributed by atoms with Gasteiger partial charge in [-0.25, -0.2) is 4.98 Å². The van der Waals surface area contributed by atoms with Crippen LogP contribution in [0, 0.1) is 0 Å². The van der Waals surface area contributed by atoms with Crippen molar-refractivity contribution in [2.24, 2.45) is 0 Å². The maximum Gasteiger partial charge on any atom is 0.230 e. The van der Waals surface area contributed by atoms with E-state index in [-0.39, 0.29) is 0 Å². The summed E-state index contributed by atoms with van der Waals surface area (Å²) in [6.07, 6.45) is 8.80. The predicted octanol–water partition coefficient (Wildman–Crippen LogP) is 4.38. The van der Waals surface area contributed by atoms with E-state index in [0.717, 1.165) is 33.5 Å². The number of anilines is 5. The average Bonchev–Trinajstić information content (AvgIpc) is 3.26. The largest absolute Gasteiger partial charge is 0.338 e. The Morgan fingerprint density at radius 3 is 2.67 bits per heavy atom. The van der Waals surface area contributed by atoms with Crippen LogP contribution in [0.15, 0.2) is 49.6 Å². The van der Waals surface area contributed by atoms with Gasteiger partial charge in [0.15, 0.2) is 0 Å². The summed E-state index contributed by atoms with van der Waals surface area (Å²) in [4.78, 5) is 18.0. The molecule has 0 saturated heterocycles. The van der Waals surface area contributed by atoms with Crippen LogP contribution < -0.4 is 14.9 Å². The Labute approximate surface area is 178 Å². The number of hydrogen-bond donors (Lipinski definition) is 3. The van der Waals surface area contributed by atoms with Gasteiger partial charge in [0.25, 0.3) is 0 Å². The Kier molecular flexibility index (Phi) is 5.48. The molecule has 0 atom stereocenters. The molecule has 0 unspecified atom stereocenters. The Morgan fingerprint density at radius 2 is 1.93 bits per heavy atom. The van der Waals surface area contributed by atoms with Gasteiger partial charge in [-0.1, -0.05) is 18.5 Å². The lowest BCUT2D eigenvalue weighted by atomic mass is 10.1. The van der Waals surface area contributed by atoms with Gasteiger partial charge < -0.3 is 14.9 Å². The van der Waals surface area contributed by atoms with Crippen LogP contribution >= 0.6 is 11.9 Å². The highest BCUT2D eigenvalue weighted by Crippen LogP contribution is 2.37. The van der Waals surface area contributed by atoms with Crippen LogP contribution in [0.4, 0.5) is 29.0 Å². The predicted molar refractivity (Wildman–Crippen MR) is 123 cm³/mol. The van der Waals surface area contributed by atoms with Crippen molar-refractivity contribution < 1.29 is 0 Å². The average molecular weight is 420 g/mol. The van der Waals surface area contributed by atoms with E-state index in [1.54, 1.807) is 42.8 Å². The number of nitrogens with one attached hydrogen (secondary N) is 3. The molecule has 9 nitrogen and oxygen atoms in total. The summed E-state index contributed by atoms with van der Waals surface area (Å²) in [5.74, 6) is 1.78. The number of aromatic nitrogens is 6. The molecule has 152 valence electrons. The van der Waals surface area contributed by atoms with Crippen molar-refractivity contribution in [3.8, 4) is 0 Å². The Morgan fingerprint density at radius 1 is 1.10 bits per heavy atom. The fourth-order valence-corrected chi connectivity index (χ4v) is 3.32. The Balaban J connectivity index is 1.79. The molecule has 0 aliphatic carbocycles. The van der Waals surface area contributed by atoms with Crippen molar-refractivity contribution in [1.82, 2.24) is 30.1 Å². The van der Waals surface area contributed by atoms with Crippen LogP contribution in [0.1, 0.15) is 12.5 Å². The third-order valence-electron chi connectivity index (χ3n) is 4.45. The van der Waals surface area contributed by atoms with E-state index in [1.807, 2.05) is 36.7 Å².